The Kier molecular flexibility index (Phi) is 4.49. The third-order valence-corrected chi connectivity index (χ3v) is 5.88. The van der Waals surface area contributed by atoms with Gasteiger partial charge in [0.1, 0.15) is 0 Å². The number of hydrogen-bond acceptors (Lipinski definition) is 2. The lowest BCUT2D eigenvalue weighted by Gasteiger charge is -2.15. The first-order valence-electron chi connectivity index (χ1n) is 4.99. The molecule has 1 aliphatic carbocycles. The van der Waals surface area contributed by atoms with Crippen molar-refractivity contribution in [1.29, 1.82) is 0 Å². The zero-order chi connectivity index (χ0) is 8.97. The van der Waals surface area contributed by atoms with Crippen molar-refractivity contribution in [2.24, 2.45) is 11.5 Å². The Hall–Kier alpha value is 0.350. The summed E-state index contributed by atoms with van der Waals surface area (Å²) in [4.78, 5) is 0. The van der Waals surface area contributed by atoms with Crippen LogP contribution in [0.4, 0.5) is 0 Å². The molecule has 12 heavy (non-hydrogen) atoms. The summed E-state index contributed by atoms with van der Waals surface area (Å²) in [5.41, 5.74) is 12.3. The van der Waals surface area contributed by atoms with Crippen molar-refractivity contribution in [2.45, 2.75) is 37.9 Å². The molecule has 0 aromatic carbocycles. The van der Waals surface area contributed by atoms with Gasteiger partial charge in [-0.2, -0.15) is 0 Å². The van der Waals surface area contributed by atoms with Crippen LogP contribution in [-0.2, 0) is 0 Å². The van der Waals surface area contributed by atoms with Crippen LogP contribution in [0.3, 0.4) is 0 Å². The van der Waals surface area contributed by atoms with E-state index < -0.39 is 0 Å². The van der Waals surface area contributed by atoms with Crippen molar-refractivity contribution >= 4 is 7.92 Å². The Morgan fingerprint density at radius 2 is 2.08 bits per heavy atom. The maximum absolute atomic E-state index is 5.85. The van der Waals surface area contributed by atoms with Gasteiger partial charge in [-0.25, -0.2) is 0 Å². The Balaban J connectivity index is 2.19. The molecule has 0 amide bonds. The molecule has 0 aromatic heterocycles. The molecule has 1 aliphatic rings. The van der Waals surface area contributed by atoms with Gasteiger partial charge in [0.15, 0.2) is 0 Å². The van der Waals surface area contributed by atoms with E-state index in [0.717, 1.165) is 12.2 Å². The van der Waals surface area contributed by atoms with Crippen molar-refractivity contribution in [2.75, 3.05) is 18.9 Å². The molecule has 4 N–H and O–H groups in total. The van der Waals surface area contributed by atoms with Gasteiger partial charge >= 0.3 is 0 Å². The fourth-order valence-corrected chi connectivity index (χ4v) is 4.78. The Labute approximate surface area is 76.8 Å². The summed E-state index contributed by atoms with van der Waals surface area (Å²) >= 11 is 0. The van der Waals surface area contributed by atoms with Gasteiger partial charge in [-0.3, -0.25) is 0 Å². The lowest BCUT2D eigenvalue weighted by molar-refractivity contribution is 0.927. The molecule has 3 unspecified atom stereocenters. The van der Waals surface area contributed by atoms with E-state index >= 15 is 0 Å². The summed E-state index contributed by atoms with van der Waals surface area (Å²) in [5, 5.41) is 0. The van der Waals surface area contributed by atoms with Crippen molar-refractivity contribution in [3.63, 3.8) is 0 Å². The Morgan fingerprint density at radius 1 is 1.42 bits per heavy atom. The molecule has 0 heterocycles. The second kappa shape index (κ2) is 5.16. The van der Waals surface area contributed by atoms with E-state index in [4.69, 9.17) is 11.5 Å². The number of hydrogen-bond donors (Lipinski definition) is 2. The Bertz CT molecular complexity index is 130. The minimum Gasteiger partial charge on any atom is -0.330 e. The molecule has 1 saturated carbocycles. The maximum Gasteiger partial charge on any atom is 0.0114 e. The van der Waals surface area contributed by atoms with Gasteiger partial charge in [0.25, 0.3) is 0 Å². The molecule has 2 nitrogen and oxygen atoms in total. The number of nitrogens with two attached hydrogens (primary N) is 2. The fraction of sp³-hybridized carbons (Fsp3) is 1.00. The standard InChI is InChI=1S/C9H21N2P/c1-2-5-12(6-3-4-10)9-7-8(9)11/h8-9H,2-7,10-11H2,1H3. The van der Waals surface area contributed by atoms with Crippen LogP contribution >= 0.6 is 7.92 Å². The minimum atomic E-state index is 0.241. The van der Waals surface area contributed by atoms with Crippen molar-refractivity contribution in [3.8, 4) is 0 Å². The molecular formula is C9H21N2P. The van der Waals surface area contributed by atoms with Gasteiger partial charge in [0.2, 0.25) is 0 Å². The van der Waals surface area contributed by atoms with Crippen LogP contribution in [0.1, 0.15) is 26.2 Å². The molecule has 72 valence electrons. The zero-order valence-electron chi connectivity index (χ0n) is 8.00. The van der Waals surface area contributed by atoms with Gasteiger partial charge in [0, 0.05) is 6.04 Å². The van der Waals surface area contributed by atoms with E-state index in [0.29, 0.717) is 6.04 Å². The molecule has 3 atom stereocenters. The number of rotatable bonds is 6. The highest BCUT2D eigenvalue weighted by Gasteiger charge is 2.38. The monoisotopic (exact) mass is 188 g/mol. The smallest absolute Gasteiger partial charge is 0.0114 e. The van der Waals surface area contributed by atoms with E-state index in [1.165, 1.54) is 31.6 Å². The van der Waals surface area contributed by atoms with E-state index in [2.05, 4.69) is 6.92 Å². The second-order valence-electron chi connectivity index (χ2n) is 3.65. The highest BCUT2D eigenvalue weighted by atomic mass is 31.1. The SMILES string of the molecule is CCCP(CCCN)C1CC1N. The summed E-state index contributed by atoms with van der Waals surface area (Å²) < 4.78 is 0. The molecule has 0 bridgehead atoms. The molecule has 1 rings (SSSR count). The van der Waals surface area contributed by atoms with E-state index in [-0.39, 0.29) is 7.92 Å². The summed E-state index contributed by atoms with van der Waals surface area (Å²) in [6.07, 6.45) is 6.58. The molecule has 0 aliphatic heterocycles. The zero-order valence-corrected chi connectivity index (χ0v) is 8.89. The molecule has 0 aromatic rings. The summed E-state index contributed by atoms with van der Waals surface area (Å²) in [5.74, 6) is 0. The van der Waals surface area contributed by atoms with E-state index in [1.807, 2.05) is 0 Å². The first-order valence-corrected chi connectivity index (χ1v) is 6.77. The highest BCUT2D eigenvalue weighted by Crippen LogP contribution is 2.53. The third-order valence-electron chi connectivity index (χ3n) is 2.43. The molecular weight excluding hydrogens is 167 g/mol. The largest absolute Gasteiger partial charge is 0.330 e. The molecule has 0 saturated heterocycles. The Morgan fingerprint density at radius 3 is 2.50 bits per heavy atom. The van der Waals surface area contributed by atoms with Crippen molar-refractivity contribution < 1.29 is 0 Å². The summed E-state index contributed by atoms with van der Waals surface area (Å²) in [7, 11) is 0.241. The normalized spacial score (nSPS) is 30.2. The fourth-order valence-electron chi connectivity index (χ4n) is 1.65. The molecule has 3 heteroatoms. The maximum atomic E-state index is 5.85. The van der Waals surface area contributed by atoms with Crippen LogP contribution in [0, 0.1) is 0 Å². The van der Waals surface area contributed by atoms with Crippen LogP contribution in [-0.4, -0.2) is 30.6 Å². The predicted molar refractivity (Wildman–Crippen MR) is 57.0 cm³/mol. The molecule has 1 fully saturated rings. The first kappa shape index (κ1) is 10.4. The molecule has 0 spiro atoms. The van der Waals surface area contributed by atoms with Crippen molar-refractivity contribution in [1.82, 2.24) is 0 Å². The van der Waals surface area contributed by atoms with Gasteiger partial charge in [-0.1, -0.05) is 13.3 Å². The highest BCUT2D eigenvalue weighted by molar-refractivity contribution is 7.58. The first-order chi connectivity index (χ1) is 5.79. The quantitative estimate of drug-likeness (QED) is 0.618. The van der Waals surface area contributed by atoms with E-state index in [9.17, 15) is 0 Å². The van der Waals surface area contributed by atoms with Gasteiger partial charge in [-0.15, -0.1) is 7.92 Å². The lowest BCUT2D eigenvalue weighted by Crippen LogP contribution is -2.09. The topological polar surface area (TPSA) is 52.0 Å². The third kappa shape index (κ3) is 3.01. The average Bonchev–Trinajstić information content (AvgIpc) is 2.76. The van der Waals surface area contributed by atoms with Gasteiger partial charge in [0.05, 0.1) is 0 Å². The van der Waals surface area contributed by atoms with Crippen molar-refractivity contribution in [3.05, 3.63) is 0 Å². The summed E-state index contributed by atoms with van der Waals surface area (Å²) in [6.45, 7) is 3.12. The van der Waals surface area contributed by atoms with Crippen LogP contribution in [0.2, 0.25) is 0 Å². The van der Waals surface area contributed by atoms with Crippen LogP contribution in [0.5, 0.6) is 0 Å². The van der Waals surface area contributed by atoms with Crippen LogP contribution < -0.4 is 11.5 Å². The minimum absolute atomic E-state index is 0.241. The lowest BCUT2D eigenvalue weighted by atomic mass is 10.5. The molecule has 0 radical (unpaired) electrons. The second-order valence-corrected chi connectivity index (χ2v) is 6.38. The van der Waals surface area contributed by atoms with Gasteiger partial charge < -0.3 is 11.5 Å². The predicted octanol–water partition coefficient (Wildman–Crippen LogP) is 1.33. The van der Waals surface area contributed by atoms with Crippen LogP contribution in [0.25, 0.3) is 0 Å². The van der Waals surface area contributed by atoms with Gasteiger partial charge in [-0.05, 0) is 37.4 Å². The average molecular weight is 188 g/mol. The summed E-state index contributed by atoms with van der Waals surface area (Å²) in [6, 6.07) is 0.542. The van der Waals surface area contributed by atoms with Crippen LogP contribution in [0.15, 0.2) is 0 Å². The van der Waals surface area contributed by atoms with E-state index in [1.54, 1.807) is 0 Å².